The van der Waals surface area contributed by atoms with Gasteiger partial charge in [-0.05, 0) is 25.7 Å². The molecule has 2 saturated carbocycles. The van der Waals surface area contributed by atoms with E-state index in [1.165, 1.54) is 32.1 Å². The Morgan fingerprint density at radius 1 is 1.15 bits per heavy atom. The summed E-state index contributed by atoms with van der Waals surface area (Å²) in [4.78, 5) is 14.8. The standard InChI is InChI=1S/C16H28N2O2/c17-16(8-4-1-5-9-16)12-15(19)18-10-11-20-14-7-3-2-6-13(14)18/h13-14H,1-12,17H2. The second kappa shape index (κ2) is 6.02. The summed E-state index contributed by atoms with van der Waals surface area (Å²) >= 11 is 0. The summed E-state index contributed by atoms with van der Waals surface area (Å²) in [5.74, 6) is 0.273. The van der Waals surface area contributed by atoms with Crippen molar-refractivity contribution in [3.8, 4) is 0 Å². The predicted molar refractivity (Wildman–Crippen MR) is 78.3 cm³/mol. The van der Waals surface area contributed by atoms with Crippen LogP contribution in [0, 0.1) is 0 Å². The number of nitrogens with zero attached hydrogens (tertiary/aromatic N) is 1. The number of carbonyl (C=O) groups excluding carboxylic acids is 1. The molecule has 3 rings (SSSR count). The lowest BCUT2D eigenvalue weighted by molar-refractivity contribution is -0.151. The number of carbonyl (C=O) groups is 1. The van der Waals surface area contributed by atoms with Crippen LogP contribution >= 0.6 is 0 Å². The van der Waals surface area contributed by atoms with E-state index in [9.17, 15) is 4.79 Å². The third kappa shape index (κ3) is 3.01. The molecule has 0 bridgehead atoms. The van der Waals surface area contributed by atoms with Crippen molar-refractivity contribution in [1.29, 1.82) is 0 Å². The molecule has 20 heavy (non-hydrogen) atoms. The van der Waals surface area contributed by atoms with Gasteiger partial charge in [-0.3, -0.25) is 4.79 Å². The van der Waals surface area contributed by atoms with E-state index in [0.29, 0.717) is 19.1 Å². The van der Waals surface area contributed by atoms with Crippen LogP contribution in [0.2, 0.25) is 0 Å². The number of amides is 1. The van der Waals surface area contributed by atoms with Crippen LogP contribution in [0.3, 0.4) is 0 Å². The second-order valence-corrected chi connectivity index (χ2v) is 6.95. The highest BCUT2D eigenvalue weighted by Gasteiger charge is 2.39. The first kappa shape index (κ1) is 14.3. The Kier molecular flexibility index (Phi) is 4.32. The molecule has 1 saturated heterocycles. The van der Waals surface area contributed by atoms with Gasteiger partial charge in [0.1, 0.15) is 0 Å². The lowest BCUT2D eigenvalue weighted by Crippen LogP contribution is -2.57. The van der Waals surface area contributed by atoms with Crippen molar-refractivity contribution in [1.82, 2.24) is 4.90 Å². The van der Waals surface area contributed by atoms with Gasteiger partial charge in [0.25, 0.3) is 0 Å². The molecule has 0 aromatic carbocycles. The molecule has 2 aliphatic carbocycles. The van der Waals surface area contributed by atoms with Gasteiger partial charge in [0, 0.05) is 18.5 Å². The topological polar surface area (TPSA) is 55.6 Å². The van der Waals surface area contributed by atoms with Gasteiger partial charge in [-0.1, -0.05) is 32.1 Å². The Labute approximate surface area is 122 Å². The van der Waals surface area contributed by atoms with E-state index in [1.54, 1.807) is 0 Å². The molecule has 1 amide bonds. The SMILES string of the molecule is NC1(CC(=O)N2CCOC3CCCCC32)CCCCC1. The van der Waals surface area contributed by atoms with Crippen LogP contribution in [-0.4, -0.2) is 41.6 Å². The Hall–Kier alpha value is -0.610. The first-order chi connectivity index (χ1) is 9.68. The van der Waals surface area contributed by atoms with Crippen LogP contribution in [0.25, 0.3) is 0 Å². The fraction of sp³-hybridized carbons (Fsp3) is 0.938. The van der Waals surface area contributed by atoms with Gasteiger partial charge in [0.15, 0.2) is 0 Å². The molecule has 4 heteroatoms. The van der Waals surface area contributed by atoms with Crippen LogP contribution in [0.15, 0.2) is 0 Å². The number of hydrogen-bond acceptors (Lipinski definition) is 3. The summed E-state index contributed by atoms with van der Waals surface area (Å²) in [6.07, 6.45) is 11.2. The second-order valence-electron chi connectivity index (χ2n) is 6.95. The van der Waals surface area contributed by atoms with Gasteiger partial charge < -0.3 is 15.4 Å². The molecular weight excluding hydrogens is 252 g/mol. The lowest BCUT2D eigenvalue weighted by Gasteiger charge is -2.45. The summed E-state index contributed by atoms with van der Waals surface area (Å²) in [6, 6.07) is 0.317. The van der Waals surface area contributed by atoms with Crippen molar-refractivity contribution < 1.29 is 9.53 Å². The van der Waals surface area contributed by atoms with E-state index in [4.69, 9.17) is 10.5 Å². The largest absolute Gasteiger partial charge is 0.374 e. The monoisotopic (exact) mass is 280 g/mol. The fourth-order valence-electron chi connectivity index (χ4n) is 4.24. The van der Waals surface area contributed by atoms with Gasteiger partial charge in [-0.2, -0.15) is 0 Å². The van der Waals surface area contributed by atoms with Crippen molar-refractivity contribution in [2.24, 2.45) is 5.73 Å². The summed E-state index contributed by atoms with van der Waals surface area (Å²) in [7, 11) is 0. The molecule has 0 radical (unpaired) electrons. The number of rotatable bonds is 2. The maximum Gasteiger partial charge on any atom is 0.224 e. The Morgan fingerprint density at radius 3 is 2.70 bits per heavy atom. The molecule has 3 fully saturated rings. The van der Waals surface area contributed by atoms with E-state index in [-0.39, 0.29) is 17.6 Å². The van der Waals surface area contributed by atoms with Crippen molar-refractivity contribution >= 4 is 5.91 Å². The Balaban J connectivity index is 1.63. The molecular formula is C16H28N2O2. The molecule has 0 aromatic rings. The number of ether oxygens (including phenoxy) is 1. The highest BCUT2D eigenvalue weighted by Crippen LogP contribution is 2.32. The lowest BCUT2D eigenvalue weighted by atomic mass is 9.79. The summed E-state index contributed by atoms with van der Waals surface area (Å²) in [5, 5.41) is 0. The van der Waals surface area contributed by atoms with E-state index in [2.05, 4.69) is 4.90 Å². The highest BCUT2D eigenvalue weighted by molar-refractivity contribution is 5.78. The quantitative estimate of drug-likeness (QED) is 0.843. The van der Waals surface area contributed by atoms with Crippen LogP contribution in [0.1, 0.15) is 64.2 Å². The number of nitrogens with two attached hydrogens (primary N) is 1. The zero-order chi connectivity index (χ0) is 14.0. The maximum atomic E-state index is 12.7. The molecule has 0 spiro atoms. The number of fused-ring (bicyclic) bond motifs is 1. The predicted octanol–water partition coefficient (Wildman–Crippen LogP) is 2.21. The highest BCUT2D eigenvalue weighted by atomic mass is 16.5. The molecule has 3 aliphatic rings. The molecule has 2 atom stereocenters. The third-order valence-corrected chi connectivity index (χ3v) is 5.41. The van der Waals surface area contributed by atoms with Crippen molar-refractivity contribution in [2.75, 3.05) is 13.2 Å². The smallest absolute Gasteiger partial charge is 0.224 e. The van der Waals surface area contributed by atoms with E-state index in [0.717, 1.165) is 32.2 Å². The molecule has 2 N–H and O–H groups in total. The van der Waals surface area contributed by atoms with Crippen molar-refractivity contribution in [3.05, 3.63) is 0 Å². The van der Waals surface area contributed by atoms with Crippen molar-refractivity contribution in [2.45, 2.75) is 81.9 Å². The maximum absolute atomic E-state index is 12.7. The summed E-state index contributed by atoms with van der Waals surface area (Å²) < 4.78 is 5.85. The summed E-state index contributed by atoms with van der Waals surface area (Å²) in [6.45, 7) is 1.46. The molecule has 0 aromatic heterocycles. The molecule has 4 nitrogen and oxygen atoms in total. The minimum atomic E-state index is -0.238. The van der Waals surface area contributed by atoms with Gasteiger partial charge in [0.05, 0.1) is 18.8 Å². The minimum Gasteiger partial charge on any atom is -0.374 e. The zero-order valence-corrected chi connectivity index (χ0v) is 12.5. The van der Waals surface area contributed by atoms with E-state index in [1.807, 2.05) is 0 Å². The Morgan fingerprint density at radius 2 is 1.90 bits per heavy atom. The molecule has 2 unspecified atom stereocenters. The minimum absolute atomic E-state index is 0.238. The third-order valence-electron chi connectivity index (χ3n) is 5.41. The molecule has 1 heterocycles. The van der Waals surface area contributed by atoms with Crippen LogP contribution in [0.5, 0.6) is 0 Å². The Bertz CT molecular complexity index is 350. The summed E-state index contributed by atoms with van der Waals surface area (Å²) in [5.41, 5.74) is 6.22. The van der Waals surface area contributed by atoms with E-state index < -0.39 is 0 Å². The van der Waals surface area contributed by atoms with Gasteiger partial charge >= 0.3 is 0 Å². The zero-order valence-electron chi connectivity index (χ0n) is 12.5. The average molecular weight is 280 g/mol. The molecule has 114 valence electrons. The van der Waals surface area contributed by atoms with Crippen LogP contribution < -0.4 is 5.73 Å². The van der Waals surface area contributed by atoms with E-state index >= 15 is 0 Å². The number of morpholine rings is 1. The fourth-order valence-corrected chi connectivity index (χ4v) is 4.24. The normalized spacial score (nSPS) is 33.5. The first-order valence-electron chi connectivity index (χ1n) is 8.38. The number of hydrogen-bond donors (Lipinski definition) is 1. The van der Waals surface area contributed by atoms with Crippen LogP contribution in [-0.2, 0) is 9.53 Å². The van der Waals surface area contributed by atoms with Gasteiger partial charge in [0.2, 0.25) is 5.91 Å². The van der Waals surface area contributed by atoms with Crippen molar-refractivity contribution in [3.63, 3.8) is 0 Å². The average Bonchev–Trinajstić information content (AvgIpc) is 2.47. The molecule has 1 aliphatic heterocycles. The van der Waals surface area contributed by atoms with Crippen LogP contribution in [0.4, 0.5) is 0 Å². The first-order valence-corrected chi connectivity index (χ1v) is 8.38. The van der Waals surface area contributed by atoms with Gasteiger partial charge in [-0.25, -0.2) is 0 Å². The van der Waals surface area contributed by atoms with Gasteiger partial charge in [-0.15, -0.1) is 0 Å².